The molecule has 0 radical (unpaired) electrons. The minimum absolute atomic E-state index is 0.0558. The summed E-state index contributed by atoms with van der Waals surface area (Å²) in [6.07, 6.45) is 0. The van der Waals surface area contributed by atoms with E-state index in [2.05, 4.69) is 5.32 Å². The number of morpholine rings is 1. The summed E-state index contributed by atoms with van der Waals surface area (Å²) in [6.45, 7) is 1.38. The second-order valence-electron chi connectivity index (χ2n) is 5.58. The highest BCUT2D eigenvalue weighted by atomic mass is 32.2. The van der Waals surface area contributed by atoms with Gasteiger partial charge >= 0.3 is 0 Å². The van der Waals surface area contributed by atoms with Crippen LogP contribution in [0.4, 0.5) is 8.78 Å². The Morgan fingerprint density at radius 2 is 1.81 bits per heavy atom. The van der Waals surface area contributed by atoms with Gasteiger partial charge in [0.05, 0.1) is 19.8 Å². The molecule has 0 spiro atoms. The van der Waals surface area contributed by atoms with Crippen LogP contribution in [-0.4, -0.2) is 44.9 Å². The zero-order valence-corrected chi connectivity index (χ0v) is 15.2. The molecule has 1 aliphatic heterocycles. The summed E-state index contributed by atoms with van der Waals surface area (Å²) < 4.78 is 58.1. The monoisotopic (exact) mass is 402 g/mol. The average molecular weight is 402 g/mol. The molecule has 26 heavy (non-hydrogen) atoms. The Labute approximate surface area is 153 Å². The zero-order valence-electron chi connectivity index (χ0n) is 13.6. The highest BCUT2D eigenvalue weighted by molar-refractivity contribution is 7.91. The summed E-state index contributed by atoms with van der Waals surface area (Å²) >= 11 is 1.04. The molecule has 0 bridgehead atoms. The molecule has 1 saturated heterocycles. The zero-order chi connectivity index (χ0) is 18.7. The molecule has 1 aliphatic rings. The first-order valence-corrected chi connectivity index (χ1v) is 10.0. The van der Waals surface area contributed by atoms with Crippen molar-refractivity contribution in [2.24, 2.45) is 0 Å². The van der Waals surface area contributed by atoms with Gasteiger partial charge in [0, 0.05) is 29.6 Å². The maximum absolute atomic E-state index is 13.2. The van der Waals surface area contributed by atoms with Gasteiger partial charge in [-0.05, 0) is 24.3 Å². The summed E-state index contributed by atoms with van der Waals surface area (Å²) in [4.78, 5) is 12.6. The van der Waals surface area contributed by atoms with E-state index in [0.717, 1.165) is 23.5 Å². The molecule has 2 heterocycles. The molecule has 1 N–H and O–H groups in total. The smallest absolute Gasteiger partial charge is 0.252 e. The van der Waals surface area contributed by atoms with E-state index in [0.29, 0.717) is 37.2 Å². The fraction of sp³-hybridized carbons (Fsp3) is 0.312. The topological polar surface area (TPSA) is 75.7 Å². The minimum Gasteiger partial charge on any atom is -0.379 e. The van der Waals surface area contributed by atoms with E-state index >= 15 is 0 Å². The van der Waals surface area contributed by atoms with Crippen LogP contribution in [0.1, 0.15) is 15.2 Å². The van der Waals surface area contributed by atoms with Gasteiger partial charge in [-0.2, -0.15) is 4.31 Å². The van der Waals surface area contributed by atoms with Gasteiger partial charge in [0.2, 0.25) is 0 Å². The molecule has 1 fully saturated rings. The van der Waals surface area contributed by atoms with Crippen LogP contribution in [0.3, 0.4) is 0 Å². The van der Waals surface area contributed by atoms with Gasteiger partial charge in [-0.3, -0.25) is 4.79 Å². The Morgan fingerprint density at radius 1 is 1.15 bits per heavy atom. The number of carbonyl (C=O) groups is 1. The molecule has 1 aromatic heterocycles. The van der Waals surface area contributed by atoms with Crippen molar-refractivity contribution in [1.82, 2.24) is 9.62 Å². The van der Waals surface area contributed by atoms with Crippen LogP contribution in [0.15, 0.2) is 34.5 Å². The van der Waals surface area contributed by atoms with Crippen LogP contribution in [-0.2, 0) is 21.3 Å². The van der Waals surface area contributed by atoms with E-state index < -0.39 is 27.6 Å². The molecular formula is C16H16F2N2O4S2. The fourth-order valence-corrected chi connectivity index (χ4v) is 5.32. The van der Waals surface area contributed by atoms with Gasteiger partial charge in [-0.25, -0.2) is 17.2 Å². The van der Waals surface area contributed by atoms with Crippen molar-refractivity contribution in [1.29, 1.82) is 0 Å². The Morgan fingerprint density at radius 3 is 2.46 bits per heavy atom. The number of nitrogens with one attached hydrogen (secondary N) is 1. The van der Waals surface area contributed by atoms with Crippen molar-refractivity contribution in [3.8, 4) is 0 Å². The lowest BCUT2D eigenvalue weighted by molar-refractivity contribution is 0.0731. The van der Waals surface area contributed by atoms with E-state index in [1.165, 1.54) is 10.4 Å². The van der Waals surface area contributed by atoms with Crippen LogP contribution >= 0.6 is 11.3 Å². The van der Waals surface area contributed by atoms with Gasteiger partial charge in [0.25, 0.3) is 15.9 Å². The first-order chi connectivity index (χ1) is 12.4. The van der Waals surface area contributed by atoms with Gasteiger partial charge in [0.1, 0.15) is 15.8 Å². The normalized spacial score (nSPS) is 15.8. The van der Waals surface area contributed by atoms with Crippen molar-refractivity contribution < 1.29 is 26.7 Å². The predicted octanol–water partition coefficient (Wildman–Crippen LogP) is 1.98. The first kappa shape index (κ1) is 18.9. The minimum atomic E-state index is -3.58. The number of thiophene rings is 1. The van der Waals surface area contributed by atoms with Crippen LogP contribution in [0, 0.1) is 11.6 Å². The molecule has 3 rings (SSSR count). The lowest BCUT2D eigenvalue weighted by Gasteiger charge is -2.25. The van der Waals surface area contributed by atoms with E-state index in [9.17, 15) is 22.0 Å². The third-order valence-electron chi connectivity index (χ3n) is 3.75. The number of nitrogens with zero attached hydrogens (tertiary/aromatic N) is 1. The molecule has 0 saturated carbocycles. The summed E-state index contributed by atoms with van der Waals surface area (Å²) in [5.74, 6) is -2.33. The van der Waals surface area contributed by atoms with E-state index in [1.807, 2.05) is 0 Å². The largest absolute Gasteiger partial charge is 0.379 e. The Kier molecular flexibility index (Phi) is 5.66. The van der Waals surface area contributed by atoms with Gasteiger partial charge in [0.15, 0.2) is 0 Å². The molecule has 0 aliphatic carbocycles. The second kappa shape index (κ2) is 7.78. The van der Waals surface area contributed by atoms with E-state index in [4.69, 9.17) is 4.74 Å². The van der Waals surface area contributed by atoms with Gasteiger partial charge in [-0.15, -0.1) is 11.3 Å². The summed E-state index contributed by atoms with van der Waals surface area (Å²) in [5.41, 5.74) is -0.139. The summed E-state index contributed by atoms with van der Waals surface area (Å²) in [7, 11) is -3.58. The number of amides is 1. The average Bonchev–Trinajstić information content (AvgIpc) is 3.09. The van der Waals surface area contributed by atoms with Crippen LogP contribution in [0.5, 0.6) is 0 Å². The molecular weight excluding hydrogens is 386 g/mol. The number of ether oxygens (including phenoxy) is 1. The highest BCUT2D eigenvalue weighted by Gasteiger charge is 2.27. The number of hydrogen-bond donors (Lipinski definition) is 1. The standard InChI is InChI=1S/C16H16F2N2O4S2/c17-12-7-11(8-13(18)9-12)16(21)19-10-14-1-2-15(25-14)26(22,23)20-3-5-24-6-4-20/h1-2,7-9H,3-6,10H2,(H,19,21). The molecule has 140 valence electrons. The Bertz CT molecular complexity index is 888. The number of halogens is 2. The van der Waals surface area contributed by atoms with E-state index in [-0.39, 0.29) is 16.3 Å². The number of sulfonamides is 1. The SMILES string of the molecule is O=C(NCc1ccc(S(=O)(=O)N2CCOCC2)s1)c1cc(F)cc(F)c1. The molecule has 0 unspecified atom stereocenters. The summed E-state index contributed by atoms with van der Waals surface area (Å²) in [5, 5.41) is 2.52. The van der Waals surface area contributed by atoms with Gasteiger partial charge < -0.3 is 10.1 Å². The Balaban J connectivity index is 1.66. The second-order valence-corrected chi connectivity index (χ2v) is 8.91. The number of rotatable bonds is 5. The number of benzene rings is 1. The number of hydrogen-bond acceptors (Lipinski definition) is 5. The van der Waals surface area contributed by atoms with Crippen molar-refractivity contribution in [3.05, 3.63) is 52.4 Å². The molecule has 0 atom stereocenters. The summed E-state index contributed by atoms with van der Waals surface area (Å²) in [6, 6.07) is 5.63. The molecule has 1 amide bonds. The van der Waals surface area contributed by atoms with E-state index in [1.54, 1.807) is 6.07 Å². The third kappa shape index (κ3) is 4.26. The maximum Gasteiger partial charge on any atom is 0.252 e. The quantitative estimate of drug-likeness (QED) is 0.830. The van der Waals surface area contributed by atoms with Crippen LogP contribution < -0.4 is 5.32 Å². The maximum atomic E-state index is 13.2. The van der Waals surface area contributed by atoms with Crippen molar-refractivity contribution >= 4 is 27.3 Å². The van der Waals surface area contributed by atoms with Crippen LogP contribution in [0.2, 0.25) is 0 Å². The molecule has 10 heteroatoms. The lowest BCUT2D eigenvalue weighted by Crippen LogP contribution is -2.40. The lowest BCUT2D eigenvalue weighted by atomic mass is 10.2. The molecule has 6 nitrogen and oxygen atoms in total. The van der Waals surface area contributed by atoms with Crippen LogP contribution in [0.25, 0.3) is 0 Å². The number of carbonyl (C=O) groups excluding carboxylic acids is 1. The predicted molar refractivity (Wildman–Crippen MR) is 91.4 cm³/mol. The third-order valence-corrected chi connectivity index (χ3v) is 7.20. The molecule has 2 aromatic rings. The van der Waals surface area contributed by atoms with Crippen molar-refractivity contribution in [2.45, 2.75) is 10.8 Å². The van der Waals surface area contributed by atoms with Gasteiger partial charge in [-0.1, -0.05) is 0 Å². The molecule has 1 aromatic carbocycles. The van der Waals surface area contributed by atoms with Crippen molar-refractivity contribution in [2.75, 3.05) is 26.3 Å². The Hall–Kier alpha value is -1.88. The first-order valence-electron chi connectivity index (χ1n) is 7.77. The fourth-order valence-electron chi connectivity index (χ4n) is 2.46. The van der Waals surface area contributed by atoms with Crippen molar-refractivity contribution in [3.63, 3.8) is 0 Å². The highest BCUT2D eigenvalue weighted by Crippen LogP contribution is 2.25.